The molecule has 33 heavy (non-hydrogen) atoms. The van der Waals surface area contributed by atoms with E-state index in [1.165, 1.54) is 44.2 Å². The van der Waals surface area contributed by atoms with Crippen LogP contribution in [0.15, 0.2) is 42.0 Å². The normalized spacial score (nSPS) is 28.3. The van der Waals surface area contributed by atoms with Gasteiger partial charge in [0, 0.05) is 31.0 Å². The molecule has 3 atom stereocenters. The Kier molecular flexibility index (Phi) is 7.14. The van der Waals surface area contributed by atoms with Crippen LogP contribution in [0, 0.1) is 0 Å². The molecule has 1 aromatic rings. The van der Waals surface area contributed by atoms with E-state index in [2.05, 4.69) is 57.4 Å². The Hall–Kier alpha value is -2.16. The Morgan fingerprint density at radius 1 is 1.15 bits per heavy atom. The summed E-state index contributed by atoms with van der Waals surface area (Å²) in [6, 6.07) is 4.33. The maximum absolute atomic E-state index is 13.0. The number of carbonyl (C=O) groups is 1. The number of ether oxygens (including phenoxy) is 1. The summed E-state index contributed by atoms with van der Waals surface area (Å²) in [6.07, 6.45) is 16.1. The van der Waals surface area contributed by atoms with Crippen molar-refractivity contribution in [1.82, 2.24) is 15.4 Å². The zero-order valence-electron chi connectivity index (χ0n) is 19.6. The number of aromatic nitrogens is 1. The average molecular weight is 450 g/mol. The Morgan fingerprint density at radius 2 is 1.91 bits per heavy atom. The highest BCUT2D eigenvalue weighted by molar-refractivity contribution is 6.71. The van der Waals surface area contributed by atoms with Crippen LogP contribution in [0.25, 0.3) is 0 Å². The third kappa shape index (κ3) is 5.50. The van der Waals surface area contributed by atoms with Crippen molar-refractivity contribution in [1.29, 1.82) is 0 Å². The van der Waals surface area contributed by atoms with Crippen LogP contribution in [0.3, 0.4) is 0 Å². The zero-order chi connectivity index (χ0) is 22.6. The number of epoxide rings is 1. The van der Waals surface area contributed by atoms with Gasteiger partial charge in [0.25, 0.3) is 5.91 Å². The van der Waals surface area contributed by atoms with Crippen molar-refractivity contribution in [2.45, 2.75) is 70.1 Å². The van der Waals surface area contributed by atoms with E-state index >= 15 is 0 Å². The maximum atomic E-state index is 13.0. The second-order valence-electron chi connectivity index (χ2n) is 9.73. The third-order valence-electron chi connectivity index (χ3n) is 7.28. The molecule has 7 nitrogen and oxygen atoms in total. The van der Waals surface area contributed by atoms with Crippen molar-refractivity contribution >= 4 is 18.3 Å². The van der Waals surface area contributed by atoms with Gasteiger partial charge in [-0.3, -0.25) is 14.7 Å². The minimum atomic E-state index is -0.490. The average Bonchev–Trinajstić information content (AvgIpc) is 3.67. The standard InChI is InChI=1S/C25H35BN4O3/c1-26-11-8-9-19(29-13-4-2-5-14-29)17-21(26)24(31)28-33-25-23(32-25)22-18-20(10-12-27-22)30-15-6-3-7-16-30/h8-10,12,17-19,23,25H,2-7,11,13-16H2,1H3,(H,28,31). The Morgan fingerprint density at radius 3 is 2.70 bits per heavy atom. The molecule has 1 aromatic heterocycles. The molecule has 3 saturated heterocycles. The monoisotopic (exact) mass is 450 g/mol. The molecular formula is C25H35BN4O3. The molecule has 3 unspecified atom stereocenters. The molecular weight excluding hydrogens is 415 g/mol. The van der Waals surface area contributed by atoms with E-state index in [-0.39, 0.29) is 24.8 Å². The van der Waals surface area contributed by atoms with Gasteiger partial charge in [-0.15, -0.1) is 0 Å². The van der Waals surface area contributed by atoms with E-state index < -0.39 is 6.29 Å². The minimum absolute atomic E-state index is 0.151. The van der Waals surface area contributed by atoms with Crippen molar-refractivity contribution in [2.75, 3.05) is 31.1 Å². The van der Waals surface area contributed by atoms with Gasteiger partial charge in [-0.05, 0) is 62.8 Å². The topological polar surface area (TPSA) is 70.2 Å². The van der Waals surface area contributed by atoms with Gasteiger partial charge in [0.2, 0.25) is 6.29 Å². The first-order valence-electron chi connectivity index (χ1n) is 12.6. The number of likely N-dealkylation sites (tertiary alicyclic amines) is 1. The fraction of sp³-hybridized carbons (Fsp3) is 0.600. The number of carbonyl (C=O) groups excluding carboxylic acids is 1. The van der Waals surface area contributed by atoms with Crippen LogP contribution in [0.1, 0.15) is 50.3 Å². The molecule has 0 bridgehead atoms. The number of rotatable bonds is 6. The number of amides is 1. The summed E-state index contributed by atoms with van der Waals surface area (Å²) in [5, 5.41) is 0. The fourth-order valence-electron chi connectivity index (χ4n) is 5.21. The first-order chi connectivity index (χ1) is 16.2. The Balaban J connectivity index is 1.17. The van der Waals surface area contributed by atoms with Crippen LogP contribution in [-0.2, 0) is 14.4 Å². The van der Waals surface area contributed by atoms with E-state index in [4.69, 9.17) is 9.57 Å². The van der Waals surface area contributed by atoms with Gasteiger partial charge >= 0.3 is 0 Å². The molecule has 4 aliphatic rings. The summed E-state index contributed by atoms with van der Waals surface area (Å²) >= 11 is 0. The molecule has 176 valence electrons. The summed E-state index contributed by atoms with van der Waals surface area (Å²) in [5.74, 6) is -0.169. The van der Waals surface area contributed by atoms with E-state index in [1.807, 2.05) is 6.20 Å². The molecule has 0 spiro atoms. The van der Waals surface area contributed by atoms with Crippen LogP contribution >= 0.6 is 0 Å². The lowest BCUT2D eigenvalue weighted by molar-refractivity contribution is -0.133. The molecule has 0 saturated carbocycles. The second kappa shape index (κ2) is 10.4. The molecule has 0 aromatic carbocycles. The van der Waals surface area contributed by atoms with Gasteiger partial charge in [0.05, 0.1) is 5.69 Å². The minimum Gasteiger partial charge on any atom is -0.371 e. The second-order valence-corrected chi connectivity index (χ2v) is 9.73. The van der Waals surface area contributed by atoms with Crippen LogP contribution in [0.2, 0.25) is 13.1 Å². The van der Waals surface area contributed by atoms with E-state index in [9.17, 15) is 4.79 Å². The van der Waals surface area contributed by atoms with Crippen molar-refractivity contribution < 1.29 is 14.4 Å². The van der Waals surface area contributed by atoms with Gasteiger partial charge in [-0.25, -0.2) is 10.3 Å². The smallest absolute Gasteiger partial charge is 0.261 e. The predicted molar refractivity (Wildman–Crippen MR) is 130 cm³/mol. The van der Waals surface area contributed by atoms with Crippen molar-refractivity contribution in [3.63, 3.8) is 0 Å². The third-order valence-corrected chi connectivity index (χ3v) is 7.28. The molecule has 5 heterocycles. The molecule has 1 amide bonds. The molecule has 3 fully saturated rings. The predicted octanol–water partition coefficient (Wildman–Crippen LogP) is 3.53. The van der Waals surface area contributed by atoms with Gasteiger partial charge in [-0.1, -0.05) is 37.8 Å². The van der Waals surface area contributed by atoms with E-state index in [1.54, 1.807) is 0 Å². The van der Waals surface area contributed by atoms with Gasteiger partial charge in [-0.2, -0.15) is 0 Å². The molecule has 5 rings (SSSR count). The molecule has 0 radical (unpaired) electrons. The number of piperidine rings is 2. The number of nitrogens with one attached hydrogen (secondary N) is 1. The highest BCUT2D eigenvalue weighted by Crippen LogP contribution is 2.39. The van der Waals surface area contributed by atoms with E-state index in [0.717, 1.165) is 43.7 Å². The highest BCUT2D eigenvalue weighted by Gasteiger charge is 2.44. The molecule has 1 N–H and O–H groups in total. The number of allylic oxidation sites excluding steroid dienone is 1. The summed E-state index contributed by atoms with van der Waals surface area (Å²) in [4.78, 5) is 28.0. The molecule has 8 heteroatoms. The first kappa shape index (κ1) is 22.6. The van der Waals surface area contributed by atoms with Crippen LogP contribution in [0.4, 0.5) is 5.69 Å². The number of hydrogen-bond donors (Lipinski definition) is 1. The van der Waals surface area contributed by atoms with Crippen LogP contribution in [0.5, 0.6) is 0 Å². The van der Waals surface area contributed by atoms with Gasteiger partial charge in [0.15, 0.2) is 12.8 Å². The molecule has 0 aliphatic carbocycles. The van der Waals surface area contributed by atoms with Gasteiger partial charge in [0.1, 0.15) is 0 Å². The number of nitrogens with zero attached hydrogens (tertiary/aromatic N) is 3. The Labute approximate surface area is 197 Å². The summed E-state index contributed by atoms with van der Waals surface area (Å²) in [5.41, 5.74) is 5.49. The Bertz CT molecular complexity index is 895. The molecule has 4 aliphatic heterocycles. The first-order valence-corrected chi connectivity index (χ1v) is 12.6. The summed E-state index contributed by atoms with van der Waals surface area (Å²) < 4.78 is 5.69. The fourth-order valence-corrected chi connectivity index (χ4v) is 5.21. The van der Waals surface area contributed by atoms with Crippen molar-refractivity contribution in [3.8, 4) is 0 Å². The quantitative estimate of drug-likeness (QED) is 0.310. The maximum Gasteiger partial charge on any atom is 0.261 e. The van der Waals surface area contributed by atoms with Crippen molar-refractivity contribution in [2.24, 2.45) is 0 Å². The number of hydrogen-bond acceptors (Lipinski definition) is 6. The van der Waals surface area contributed by atoms with Crippen LogP contribution in [-0.4, -0.2) is 61.0 Å². The summed E-state index contributed by atoms with van der Waals surface area (Å²) in [6.45, 7) is 6.61. The SMILES string of the molecule is CB1CC=CC(N2CCCCC2)C=C1C(=O)NOC1OC1c1cc(N2CCCCC2)ccn1. The largest absolute Gasteiger partial charge is 0.371 e. The van der Waals surface area contributed by atoms with Crippen molar-refractivity contribution in [3.05, 3.63) is 47.7 Å². The number of anilines is 1. The van der Waals surface area contributed by atoms with Crippen LogP contribution < -0.4 is 10.4 Å². The lowest BCUT2D eigenvalue weighted by Crippen LogP contribution is -2.38. The number of pyridine rings is 1. The lowest BCUT2D eigenvalue weighted by Gasteiger charge is -2.31. The van der Waals surface area contributed by atoms with E-state index in [0.29, 0.717) is 0 Å². The number of hydroxylamine groups is 1. The highest BCUT2D eigenvalue weighted by atomic mass is 16.8. The van der Waals surface area contributed by atoms with Gasteiger partial charge < -0.3 is 9.64 Å². The summed E-state index contributed by atoms with van der Waals surface area (Å²) in [7, 11) is 0. The zero-order valence-corrected chi connectivity index (χ0v) is 19.6. The lowest BCUT2D eigenvalue weighted by atomic mass is 9.44.